The van der Waals surface area contributed by atoms with E-state index in [0.717, 1.165) is 36.7 Å². The lowest BCUT2D eigenvalue weighted by molar-refractivity contribution is -0.118. The first kappa shape index (κ1) is 19.1. The molecule has 1 aliphatic heterocycles. The van der Waals surface area contributed by atoms with E-state index in [1.165, 1.54) is 18.5 Å². The Morgan fingerprint density at radius 1 is 1.11 bits per heavy atom. The molecule has 10 heteroatoms. The number of sulfonamides is 1. The molecule has 3 N–H and O–H groups in total. The van der Waals surface area contributed by atoms with E-state index in [4.69, 9.17) is 5.14 Å². The van der Waals surface area contributed by atoms with Gasteiger partial charge >= 0.3 is 0 Å². The van der Waals surface area contributed by atoms with E-state index in [1.54, 1.807) is 17.0 Å². The molecule has 0 spiro atoms. The van der Waals surface area contributed by atoms with Gasteiger partial charge in [-0.15, -0.1) is 0 Å². The van der Waals surface area contributed by atoms with E-state index >= 15 is 0 Å². The third-order valence-corrected chi connectivity index (χ3v) is 5.34. The van der Waals surface area contributed by atoms with Gasteiger partial charge in [-0.2, -0.15) is 0 Å². The second-order valence-electron chi connectivity index (χ2n) is 6.26. The molecule has 1 saturated heterocycles. The summed E-state index contributed by atoms with van der Waals surface area (Å²) in [4.78, 5) is 23.3. The van der Waals surface area contributed by atoms with Gasteiger partial charge in [0, 0.05) is 38.8 Å². The van der Waals surface area contributed by atoms with E-state index in [9.17, 15) is 13.2 Å². The molecule has 1 fully saturated rings. The molecule has 0 radical (unpaired) electrons. The molecular weight excluding hydrogens is 368 g/mol. The molecule has 0 aliphatic carbocycles. The van der Waals surface area contributed by atoms with Crippen LogP contribution in [0.1, 0.15) is 5.56 Å². The van der Waals surface area contributed by atoms with Crippen molar-refractivity contribution in [3.63, 3.8) is 0 Å². The SMILES string of the molecule is NS(=O)(=O)c1ccc(CCNc2cc(N3CCN(C=O)CC3)ncn2)cc1. The third kappa shape index (κ3) is 5.14. The number of nitrogens with one attached hydrogen (secondary N) is 1. The largest absolute Gasteiger partial charge is 0.370 e. The number of nitrogens with two attached hydrogens (primary N) is 1. The van der Waals surface area contributed by atoms with Gasteiger partial charge in [0.25, 0.3) is 0 Å². The minimum absolute atomic E-state index is 0.106. The van der Waals surface area contributed by atoms with Gasteiger partial charge in [0.1, 0.15) is 18.0 Å². The van der Waals surface area contributed by atoms with Crippen molar-refractivity contribution in [1.29, 1.82) is 0 Å². The van der Waals surface area contributed by atoms with Crippen LogP contribution in [-0.4, -0.2) is 62.4 Å². The summed E-state index contributed by atoms with van der Waals surface area (Å²) in [7, 11) is -3.66. The fraction of sp³-hybridized carbons (Fsp3) is 0.353. The van der Waals surface area contributed by atoms with E-state index < -0.39 is 10.0 Å². The van der Waals surface area contributed by atoms with Crippen LogP contribution < -0.4 is 15.4 Å². The Hall–Kier alpha value is -2.72. The molecule has 0 atom stereocenters. The maximum atomic E-state index is 11.3. The average Bonchev–Trinajstić information content (AvgIpc) is 2.68. The predicted molar refractivity (Wildman–Crippen MR) is 102 cm³/mol. The Labute approximate surface area is 158 Å². The molecule has 0 unspecified atom stereocenters. The lowest BCUT2D eigenvalue weighted by Gasteiger charge is -2.33. The van der Waals surface area contributed by atoms with Crippen molar-refractivity contribution < 1.29 is 13.2 Å². The number of carbonyl (C=O) groups excluding carboxylic acids is 1. The molecule has 1 amide bonds. The Morgan fingerprint density at radius 3 is 2.44 bits per heavy atom. The highest BCUT2D eigenvalue weighted by molar-refractivity contribution is 7.89. The molecule has 1 aromatic carbocycles. The van der Waals surface area contributed by atoms with Crippen molar-refractivity contribution >= 4 is 28.1 Å². The van der Waals surface area contributed by atoms with E-state index in [-0.39, 0.29) is 4.90 Å². The fourth-order valence-electron chi connectivity index (χ4n) is 2.85. The lowest BCUT2D eigenvalue weighted by Crippen LogP contribution is -2.46. The number of aromatic nitrogens is 2. The van der Waals surface area contributed by atoms with Crippen molar-refractivity contribution in [2.45, 2.75) is 11.3 Å². The van der Waals surface area contributed by atoms with Crippen molar-refractivity contribution in [1.82, 2.24) is 14.9 Å². The van der Waals surface area contributed by atoms with Crippen LogP contribution in [0.4, 0.5) is 11.6 Å². The summed E-state index contributed by atoms with van der Waals surface area (Å²) < 4.78 is 22.5. The molecule has 0 saturated carbocycles. The average molecular weight is 390 g/mol. The summed E-state index contributed by atoms with van der Waals surface area (Å²) in [5, 5.41) is 8.35. The van der Waals surface area contributed by atoms with Crippen molar-refractivity contribution in [3.05, 3.63) is 42.2 Å². The molecule has 144 valence electrons. The first-order valence-corrected chi connectivity index (χ1v) is 10.1. The molecule has 3 rings (SSSR count). The summed E-state index contributed by atoms with van der Waals surface area (Å²) in [6, 6.07) is 8.40. The van der Waals surface area contributed by atoms with Gasteiger partial charge in [-0.3, -0.25) is 4.79 Å². The molecule has 0 bridgehead atoms. The van der Waals surface area contributed by atoms with Crippen LogP contribution in [0.3, 0.4) is 0 Å². The first-order chi connectivity index (χ1) is 13.0. The van der Waals surface area contributed by atoms with Crippen LogP contribution in [0, 0.1) is 0 Å². The molecular formula is C17H22N6O3S. The maximum absolute atomic E-state index is 11.3. The zero-order chi connectivity index (χ0) is 19.3. The normalized spacial score (nSPS) is 14.9. The predicted octanol–water partition coefficient (Wildman–Crippen LogP) is 0.0570. The van der Waals surface area contributed by atoms with E-state index in [0.29, 0.717) is 26.1 Å². The molecule has 1 aliphatic rings. The summed E-state index contributed by atoms with van der Waals surface area (Å²) >= 11 is 0. The Kier molecular flexibility index (Phi) is 5.87. The van der Waals surface area contributed by atoms with Crippen LogP contribution in [0.25, 0.3) is 0 Å². The van der Waals surface area contributed by atoms with Crippen LogP contribution in [0.15, 0.2) is 41.6 Å². The topological polar surface area (TPSA) is 122 Å². The number of carbonyl (C=O) groups is 1. The minimum atomic E-state index is -3.66. The molecule has 27 heavy (non-hydrogen) atoms. The smallest absolute Gasteiger partial charge is 0.238 e. The summed E-state index contributed by atoms with van der Waals surface area (Å²) in [6.45, 7) is 3.50. The summed E-state index contributed by atoms with van der Waals surface area (Å²) in [5.41, 5.74) is 0.995. The third-order valence-electron chi connectivity index (χ3n) is 4.41. The van der Waals surface area contributed by atoms with E-state index in [1.807, 2.05) is 6.07 Å². The number of hydrogen-bond donors (Lipinski definition) is 2. The number of anilines is 2. The Bertz CT molecular complexity index is 880. The van der Waals surface area contributed by atoms with Crippen LogP contribution in [-0.2, 0) is 21.2 Å². The first-order valence-electron chi connectivity index (χ1n) is 8.58. The lowest BCUT2D eigenvalue weighted by atomic mass is 10.1. The highest BCUT2D eigenvalue weighted by Gasteiger charge is 2.17. The van der Waals surface area contributed by atoms with E-state index in [2.05, 4.69) is 20.2 Å². The molecule has 9 nitrogen and oxygen atoms in total. The zero-order valence-electron chi connectivity index (χ0n) is 14.8. The minimum Gasteiger partial charge on any atom is -0.370 e. The number of hydrogen-bond acceptors (Lipinski definition) is 7. The zero-order valence-corrected chi connectivity index (χ0v) is 15.6. The van der Waals surface area contributed by atoms with Gasteiger partial charge in [0.15, 0.2) is 0 Å². The second kappa shape index (κ2) is 8.31. The van der Waals surface area contributed by atoms with Crippen LogP contribution in [0.5, 0.6) is 0 Å². The number of nitrogens with zero attached hydrogens (tertiary/aromatic N) is 4. The number of piperazine rings is 1. The molecule has 2 heterocycles. The highest BCUT2D eigenvalue weighted by atomic mass is 32.2. The van der Waals surface area contributed by atoms with Crippen molar-refractivity contribution in [3.8, 4) is 0 Å². The van der Waals surface area contributed by atoms with Crippen molar-refractivity contribution in [2.75, 3.05) is 42.9 Å². The van der Waals surface area contributed by atoms with Crippen LogP contribution in [0.2, 0.25) is 0 Å². The van der Waals surface area contributed by atoms with Gasteiger partial charge in [-0.1, -0.05) is 12.1 Å². The number of rotatable bonds is 7. The summed E-state index contributed by atoms with van der Waals surface area (Å²) in [5.74, 6) is 1.55. The quantitative estimate of drug-likeness (QED) is 0.641. The Morgan fingerprint density at radius 2 is 1.81 bits per heavy atom. The van der Waals surface area contributed by atoms with Gasteiger partial charge in [0.05, 0.1) is 4.90 Å². The molecule has 1 aromatic heterocycles. The standard InChI is InChI=1S/C17H22N6O3S/c18-27(25,26)15-3-1-14(2-4-15)5-6-19-16-11-17(21-12-20-16)23-9-7-22(13-24)8-10-23/h1-4,11-13H,5-10H2,(H2,18,25,26)(H,19,20,21). The van der Waals surface area contributed by atoms with Crippen LogP contribution >= 0.6 is 0 Å². The molecule has 2 aromatic rings. The number of benzene rings is 1. The fourth-order valence-corrected chi connectivity index (χ4v) is 3.37. The summed E-state index contributed by atoms with van der Waals surface area (Å²) in [6.07, 6.45) is 3.10. The van der Waals surface area contributed by atoms with Gasteiger partial charge < -0.3 is 15.1 Å². The monoisotopic (exact) mass is 390 g/mol. The van der Waals surface area contributed by atoms with Gasteiger partial charge in [-0.25, -0.2) is 23.5 Å². The van der Waals surface area contributed by atoms with Gasteiger partial charge in [0.2, 0.25) is 16.4 Å². The maximum Gasteiger partial charge on any atom is 0.238 e. The second-order valence-corrected chi connectivity index (χ2v) is 7.82. The highest BCUT2D eigenvalue weighted by Crippen LogP contribution is 2.16. The number of primary sulfonamides is 1. The van der Waals surface area contributed by atoms with Gasteiger partial charge in [-0.05, 0) is 24.1 Å². The number of amides is 1. The van der Waals surface area contributed by atoms with Crippen molar-refractivity contribution in [2.24, 2.45) is 5.14 Å². The Balaban J connectivity index is 1.53.